The fraction of sp³-hybridized carbons (Fsp3) is 0.333. The maximum atomic E-state index is 12.2. The monoisotopic (exact) mass is 552 g/mol. The lowest BCUT2D eigenvalue weighted by atomic mass is 10.1. The van der Waals surface area contributed by atoms with Gasteiger partial charge in [-0.3, -0.25) is 14.7 Å². The highest BCUT2D eigenvalue weighted by Gasteiger charge is 2.17. The van der Waals surface area contributed by atoms with Crippen molar-refractivity contribution >= 4 is 11.7 Å². The Morgan fingerprint density at radius 1 is 0.854 bits per heavy atom. The van der Waals surface area contributed by atoms with E-state index < -0.39 is 6.03 Å². The van der Waals surface area contributed by atoms with Crippen LogP contribution in [0.25, 0.3) is 0 Å². The van der Waals surface area contributed by atoms with Crippen LogP contribution in [0.3, 0.4) is 0 Å². The number of carbonyl (C=O) groups excluding carboxylic acids is 1. The smallest absolute Gasteiger partial charge is 0.319 e. The van der Waals surface area contributed by atoms with Gasteiger partial charge in [0.1, 0.15) is 12.4 Å². The summed E-state index contributed by atoms with van der Waals surface area (Å²) < 4.78 is 7.96. The van der Waals surface area contributed by atoms with Crippen molar-refractivity contribution in [3.8, 4) is 5.75 Å². The molecule has 0 atom stereocenters. The molecular weight excluding hydrogens is 512 g/mol. The minimum Gasteiger partial charge on any atom is -0.489 e. The molecule has 1 saturated heterocycles. The fourth-order valence-corrected chi connectivity index (χ4v) is 5.31. The number of ether oxygens (including phenoxy) is 1. The van der Waals surface area contributed by atoms with Crippen molar-refractivity contribution in [2.45, 2.75) is 39.1 Å². The zero-order chi connectivity index (χ0) is 28.3. The first-order valence-electron chi connectivity index (χ1n) is 14.4. The molecule has 5 rings (SSSR count). The van der Waals surface area contributed by atoms with Crippen LogP contribution in [0.1, 0.15) is 29.5 Å². The molecule has 2 amide bonds. The third-order valence-electron chi connectivity index (χ3n) is 7.51. The molecule has 41 heavy (non-hydrogen) atoms. The van der Waals surface area contributed by atoms with E-state index >= 15 is 0 Å². The number of nitrogens with zero attached hydrogens (tertiary/aromatic N) is 5. The first-order valence-corrected chi connectivity index (χ1v) is 14.4. The van der Waals surface area contributed by atoms with E-state index in [0.717, 1.165) is 70.1 Å². The van der Waals surface area contributed by atoms with Crippen LogP contribution in [-0.2, 0) is 26.2 Å². The molecule has 2 N–H and O–H groups in total. The summed E-state index contributed by atoms with van der Waals surface area (Å²) in [5.41, 5.74) is 10.3. The molecule has 1 aliphatic rings. The van der Waals surface area contributed by atoms with Crippen LogP contribution in [0, 0.1) is 0 Å². The van der Waals surface area contributed by atoms with Crippen LogP contribution in [0.2, 0.25) is 0 Å². The van der Waals surface area contributed by atoms with Gasteiger partial charge in [-0.15, -0.1) is 0 Å². The second-order valence-corrected chi connectivity index (χ2v) is 10.6. The Bertz CT molecular complexity index is 1340. The van der Waals surface area contributed by atoms with Crippen LogP contribution in [0.5, 0.6) is 5.75 Å². The van der Waals surface area contributed by atoms with E-state index in [2.05, 4.69) is 63.3 Å². The summed E-state index contributed by atoms with van der Waals surface area (Å²) in [5.74, 6) is 0.898. The van der Waals surface area contributed by atoms with Crippen molar-refractivity contribution in [1.29, 1.82) is 0 Å². The predicted molar refractivity (Wildman–Crippen MR) is 163 cm³/mol. The lowest BCUT2D eigenvalue weighted by Gasteiger charge is -2.24. The fourth-order valence-electron chi connectivity index (χ4n) is 5.31. The molecule has 1 aromatic heterocycles. The van der Waals surface area contributed by atoms with Crippen molar-refractivity contribution in [2.75, 3.05) is 37.6 Å². The standard InChI is InChI=1S/C33H40N6O2/c34-33(40)39(19-6-18-38-20-15-35-27-38)31-10-4-9-30(23-31)25-37-17-5-16-36(21-22-37)24-28-11-13-32(14-12-28)41-26-29-7-2-1-3-8-29/h1-4,7-15,20,23,27H,5-6,16-19,21-22,24-26H2,(H2,34,40). The SMILES string of the molecule is NC(=O)N(CCCn1ccnc1)c1cccc(CN2CCCN(Cc3ccc(OCc4ccccc4)cc3)CC2)c1. The van der Waals surface area contributed by atoms with E-state index in [1.165, 1.54) is 16.7 Å². The second-order valence-electron chi connectivity index (χ2n) is 10.6. The summed E-state index contributed by atoms with van der Waals surface area (Å²) in [5, 5.41) is 0. The van der Waals surface area contributed by atoms with Crippen molar-refractivity contribution in [2.24, 2.45) is 5.73 Å². The number of amides is 2. The molecule has 0 aliphatic carbocycles. The Labute approximate surface area is 243 Å². The van der Waals surface area contributed by atoms with Gasteiger partial charge in [0.15, 0.2) is 0 Å². The van der Waals surface area contributed by atoms with Gasteiger partial charge in [-0.2, -0.15) is 0 Å². The molecule has 0 bridgehead atoms. The molecule has 0 spiro atoms. The Morgan fingerprint density at radius 3 is 2.29 bits per heavy atom. The Balaban J connectivity index is 1.09. The van der Waals surface area contributed by atoms with Crippen LogP contribution >= 0.6 is 0 Å². The van der Waals surface area contributed by atoms with E-state index in [1.807, 2.05) is 41.1 Å². The number of hydrogen-bond donors (Lipinski definition) is 1. The van der Waals surface area contributed by atoms with E-state index in [0.29, 0.717) is 13.2 Å². The Kier molecular flexibility index (Phi) is 10.0. The van der Waals surface area contributed by atoms with Gasteiger partial charge in [0, 0.05) is 57.3 Å². The van der Waals surface area contributed by atoms with Gasteiger partial charge >= 0.3 is 6.03 Å². The maximum Gasteiger partial charge on any atom is 0.319 e. The highest BCUT2D eigenvalue weighted by molar-refractivity contribution is 5.90. The second kappa shape index (κ2) is 14.5. The minimum absolute atomic E-state index is 0.422. The van der Waals surface area contributed by atoms with Crippen LogP contribution < -0.4 is 15.4 Å². The van der Waals surface area contributed by atoms with Gasteiger partial charge in [-0.25, -0.2) is 9.78 Å². The van der Waals surface area contributed by atoms with E-state index in [4.69, 9.17) is 10.5 Å². The number of benzene rings is 3. The molecule has 8 nitrogen and oxygen atoms in total. The number of urea groups is 1. The number of imidazole rings is 1. The highest BCUT2D eigenvalue weighted by atomic mass is 16.5. The number of nitrogens with two attached hydrogens (primary N) is 1. The van der Waals surface area contributed by atoms with Gasteiger partial charge in [-0.1, -0.05) is 54.6 Å². The zero-order valence-electron chi connectivity index (χ0n) is 23.6. The van der Waals surface area contributed by atoms with Crippen molar-refractivity contribution < 1.29 is 9.53 Å². The predicted octanol–water partition coefficient (Wildman–Crippen LogP) is 5.15. The van der Waals surface area contributed by atoms with E-state index in [1.54, 1.807) is 17.4 Å². The molecule has 3 aromatic carbocycles. The number of carbonyl (C=O) groups is 1. The molecule has 0 radical (unpaired) electrons. The lowest BCUT2D eigenvalue weighted by molar-refractivity contribution is 0.247. The molecule has 2 heterocycles. The molecule has 0 unspecified atom stereocenters. The largest absolute Gasteiger partial charge is 0.489 e. The number of aryl methyl sites for hydroxylation is 1. The molecule has 4 aromatic rings. The summed E-state index contributed by atoms with van der Waals surface area (Å²) in [4.78, 5) is 23.0. The van der Waals surface area contributed by atoms with Gasteiger partial charge in [0.05, 0.1) is 6.33 Å². The Morgan fingerprint density at radius 2 is 1.59 bits per heavy atom. The normalized spacial score (nSPS) is 14.4. The average Bonchev–Trinajstić information content (AvgIpc) is 3.42. The van der Waals surface area contributed by atoms with Crippen molar-refractivity contribution in [3.05, 3.63) is 114 Å². The Hall–Kier alpha value is -4.14. The third kappa shape index (κ3) is 8.67. The lowest BCUT2D eigenvalue weighted by Crippen LogP contribution is -2.37. The number of primary amides is 1. The summed E-state index contributed by atoms with van der Waals surface area (Å²) in [6.07, 6.45) is 7.40. The van der Waals surface area contributed by atoms with E-state index in [-0.39, 0.29) is 0 Å². The molecular formula is C33H40N6O2. The number of hydrogen-bond acceptors (Lipinski definition) is 5. The van der Waals surface area contributed by atoms with Gasteiger partial charge in [0.2, 0.25) is 0 Å². The average molecular weight is 553 g/mol. The van der Waals surface area contributed by atoms with Crippen molar-refractivity contribution in [3.63, 3.8) is 0 Å². The highest BCUT2D eigenvalue weighted by Crippen LogP contribution is 2.20. The summed E-state index contributed by atoms with van der Waals surface area (Å²) in [6, 6.07) is 26.5. The molecule has 8 heteroatoms. The van der Waals surface area contributed by atoms with Crippen LogP contribution in [-0.4, -0.2) is 58.1 Å². The van der Waals surface area contributed by atoms with Gasteiger partial charge in [-0.05, 0) is 66.9 Å². The van der Waals surface area contributed by atoms with Crippen molar-refractivity contribution in [1.82, 2.24) is 19.4 Å². The number of rotatable bonds is 12. The first kappa shape index (κ1) is 28.4. The quantitative estimate of drug-likeness (QED) is 0.263. The third-order valence-corrected chi connectivity index (χ3v) is 7.51. The molecule has 1 aliphatic heterocycles. The number of anilines is 1. The van der Waals surface area contributed by atoms with Gasteiger partial charge < -0.3 is 15.0 Å². The molecule has 0 saturated carbocycles. The van der Waals surface area contributed by atoms with Crippen LogP contribution in [0.15, 0.2) is 97.6 Å². The van der Waals surface area contributed by atoms with E-state index in [9.17, 15) is 4.79 Å². The first-order chi connectivity index (χ1) is 20.1. The zero-order valence-corrected chi connectivity index (χ0v) is 23.6. The number of aromatic nitrogens is 2. The summed E-state index contributed by atoms with van der Waals surface area (Å²) >= 11 is 0. The maximum absolute atomic E-state index is 12.2. The molecule has 214 valence electrons. The topological polar surface area (TPSA) is 79.9 Å². The summed E-state index contributed by atoms with van der Waals surface area (Å²) in [6.45, 7) is 7.90. The van der Waals surface area contributed by atoms with Gasteiger partial charge in [0.25, 0.3) is 0 Å². The molecule has 1 fully saturated rings. The minimum atomic E-state index is -0.422. The van der Waals surface area contributed by atoms with Crippen LogP contribution in [0.4, 0.5) is 10.5 Å². The summed E-state index contributed by atoms with van der Waals surface area (Å²) in [7, 11) is 0.